The zero-order valence-corrected chi connectivity index (χ0v) is 10.9. The summed E-state index contributed by atoms with van der Waals surface area (Å²) < 4.78 is 31.6. The van der Waals surface area contributed by atoms with Crippen molar-refractivity contribution < 1.29 is 18.3 Å². The number of fused-ring (bicyclic) bond motifs is 1. The van der Waals surface area contributed by atoms with Crippen LogP contribution in [0.1, 0.15) is 0 Å². The molecule has 1 aliphatic rings. The van der Waals surface area contributed by atoms with Crippen molar-refractivity contribution in [1.29, 1.82) is 0 Å². The molecule has 0 radical (unpaired) electrons. The Morgan fingerprint density at radius 3 is 2.76 bits per heavy atom. The summed E-state index contributed by atoms with van der Waals surface area (Å²) in [6.07, 6.45) is 1.40. The predicted molar refractivity (Wildman–Crippen MR) is 70.6 cm³/mol. The van der Waals surface area contributed by atoms with Crippen molar-refractivity contribution in [3.8, 4) is 0 Å². The molecule has 1 aromatic heterocycles. The van der Waals surface area contributed by atoms with E-state index in [1.807, 2.05) is 0 Å². The number of hydrogen-bond acceptors (Lipinski definition) is 5. The number of nitrogens with two attached hydrogens (primary N) is 1. The van der Waals surface area contributed by atoms with Crippen LogP contribution in [-0.4, -0.2) is 41.7 Å². The quantitative estimate of drug-likeness (QED) is 0.877. The van der Waals surface area contributed by atoms with E-state index >= 15 is 0 Å². The lowest BCUT2D eigenvalue weighted by atomic mass is 10.2. The van der Waals surface area contributed by atoms with Gasteiger partial charge in [-0.1, -0.05) is 0 Å². The van der Waals surface area contributed by atoms with Gasteiger partial charge in [0.15, 0.2) is 11.6 Å². The number of hydrogen-bond donors (Lipinski definition) is 1. The molecule has 1 amide bonds. The third-order valence-electron chi connectivity index (χ3n) is 3.32. The molecule has 2 aromatic rings. The van der Waals surface area contributed by atoms with Gasteiger partial charge in [-0.05, 0) is 0 Å². The van der Waals surface area contributed by atoms with Gasteiger partial charge in [-0.3, -0.25) is 9.78 Å². The summed E-state index contributed by atoms with van der Waals surface area (Å²) in [4.78, 5) is 21.4. The van der Waals surface area contributed by atoms with Crippen LogP contribution >= 0.6 is 0 Å². The van der Waals surface area contributed by atoms with E-state index in [-0.39, 0.29) is 17.6 Å². The molecule has 0 saturated carbocycles. The number of ether oxygens (including phenoxy) is 1. The third-order valence-corrected chi connectivity index (χ3v) is 3.32. The molecule has 0 bridgehead atoms. The maximum Gasteiger partial charge on any atom is 0.242 e. The number of anilines is 1. The van der Waals surface area contributed by atoms with Crippen molar-refractivity contribution in [3.63, 3.8) is 0 Å². The van der Waals surface area contributed by atoms with Crippen LogP contribution in [-0.2, 0) is 9.53 Å². The van der Waals surface area contributed by atoms with E-state index in [9.17, 15) is 13.6 Å². The molecular weight excluding hydrogens is 282 g/mol. The first-order chi connectivity index (χ1) is 10.1. The molecule has 1 saturated heterocycles. The van der Waals surface area contributed by atoms with Crippen LogP contribution in [0.3, 0.4) is 0 Å². The normalized spacial score (nSPS) is 19.0. The van der Waals surface area contributed by atoms with E-state index in [2.05, 4.69) is 9.97 Å². The molecule has 1 fully saturated rings. The second-order valence-electron chi connectivity index (χ2n) is 4.67. The van der Waals surface area contributed by atoms with Gasteiger partial charge in [0.05, 0.1) is 30.4 Å². The first-order valence-electron chi connectivity index (χ1n) is 6.32. The zero-order valence-electron chi connectivity index (χ0n) is 10.9. The van der Waals surface area contributed by atoms with Crippen molar-refractivity contribution >= 4 is 22.8 Å². The molecule has 0 unspecified atom stereocenters. The monoisotopic (exact) mass is 294 g/mol. The minimum atomic E-state index is -0.998. The SMILES string of the molecule is NC(=O)[C@H]1COCCN1c1cnc2cc(F)c(F)cc2n1. The van der Waals surface area contributed by atoms with Gasteiger partial charge in [0, 0.05) is 18.7 Å². The summed E-state index contributed by atoms with van der Waals surface area (Å²) in [6, 6.07) is 1.29. The van der Waals surface area contributed by atoms with Crippen LogP contribution in [0.5, 0.6) is 0 Å². The number of rotatable bonds is 2. The van der Waals surface area contributed by atoms with E-state index in [1.54, 1.807) is 4.90 Å². The van der Waals surface area contributed by atoms with Gasteiger partial charge >= 0.3 is 0 Å². The van der Waals surface area contributed by atoms with Crippen LogP contribution in [0.25, 0.3) is 11.0 Å². The molecule has 21 heavy (non-hydrogen) atoms. The highest BCUT2D eigenvalue weighted by molar-refractivity contribution is 5.84. The lowest BCUT2D eigenvalue weighted by Gasteiger charge is -2.34. The summed E-state index contributed by atoms with van der Waals surface area (Å²) in [5, 5.41) is 0. The topological polar surface area (TPSA) is 81.3 Å². The average molecular weight is 294 g/mol. The Kier molecular flexibility index (Phi) is 3.38. The Hall–Kier alpha value is -2.35. The molecular formula is C13H12F2N4O2. The lowest BCUT2D eigenvalue weighted by molar-refractivity contribution is -0.121. The minimum absolute atomic E-state index is 0.160. The Labute approximate surface area is 118 Å². The molecule has 3 rings (SSSR count). The number of nitrogens with zero attached hydrogens (tertiary/aromatic N) is 3. The summed E-state index contributed by atoms with van der Waals surface area (Å²) in [6.45, 7) is 0.992. The number of carbonyl (C=O) groups excluding carboxylic acids is 1. The molecule has 0 spiro atoms. The summed E-state index contributed by atoms with van der Waals surface area (Å²) in [7, 11) is 0. The standard InChI is InChI=1S/C13H12F2N4O2/c14-7-3-9-10(4-8(7)15)18-12(5-17-9)19-1-2-21-6-11(19)13(16)20/h3-5,11H,1-2,6H2,(H2,16,20)/t11-/m1/s1. The zero-order chi connectivity index (χ0) is 15.0. The van der Waals surface area contributed by atoms with Crippen molar-refractivity contribution in [2.75, 3.05) is 24.7 Å². The van der Waals surface area contributed by atoms with E-state index in [1.165, 1.54) is 6.20 Å². The van der Waals surface area contributed by atoms with Crippen LogP contribution in [0.4, 0.5) is 14.6 Å². The number of carbonyl (C=O) groups is 1. The molecule has 1 aliphatic heterocycles. The van der Waals surface area contributed by atoms with E-state index in [0.717, 1.165) is 12.1 Å². The van der Waals surface area contributed by atoms with Crippen LogP contribution in [0.2, 0.25) is 0 Å². The molecule has 0 aliphatic carbocycles. The Morgan fingerprint density at radius 2 is 2.05 bits per heavy atom. The van der Waals surface area contributed by atoms with E-state index in [0.29, 0.717) is 19.0 Å². The van der Waals surface area contributed by atoms with Crippen molar-refractivity contribution in [2.45, 2.75) is 6.04 Å². The van der Waals surface area contributed by atoms with Crippen LogP contribution in [0.15, 0.2) is 18.3 Å². The number of aromatic nitrogens is 2. The van der Waals surface area contributed by atoms with Gasteiger partial charge in [0.2, 0.25) is 5.91 Å². The van der Waals surface area contributed by atoms with Gasteiger partial charge in [0.1, 0.15) is 11.9 Å². The molecule has 2 N–H and O–H groups in total. The average Bonchev–Trinajstić information content (AvgIpc) is 2.48. The van der Waals surface area contributed by atoms with E-state index < -0.39 is 23.6 Å². The largest absolute Gasteiger partial charge is 0.377 e. The van der Waals surface area contributed by atoms with Crippen molar-refractivity contribution in [3.05, 3.63) is 30.0 Å². The number of morpholine rings is 1. The molecule has 2 heterocycles. The summed E-state index contributed by atoms with van der Waals surface area (Å²) in [5.74, 6) is -2.14. The fraction of sp³-hybridized carbons (Fsp3) is 0.308. The molecule has 1 aromatic carbocycles. The second-order valence-corrected chi connectivity index (χ2v) is 4.67. The Bertz CT molecular complexity index is 710. The maximum absolute atomic E-state index is 13.3. The number of halogens is 2. The number of benzene rings is 1. The number of primary amides is 1. The lowest BCUT2D eigenvalue weighted by Crippen LogP contribution is -2.53. The van der Waals surface area contributed by atoms with Crippen LogP contribution < -0.4 is 10.6 Å². The highest BCUT2D eigenvalue weighted by Crippen LogP contribution is 2.21. The summed E-state index contributed by atoms with van der Waals surface area (Å²) >= 11 is 0. The predicted octanol–water partition coefficient (Wildman–Crippen LogP) is 0.598. The first-order valence-corrected chi connectivity index (χ1v) is 6.32. The third kappa shape index (κ3) is 2.49. The highest BCUT2D eigenvalue weighted by Gasteiger charge is 2.29. The highest BCUT2D eigenvalue weighted by atomic mass is 19.2. The first kappa shape index (κ1) is 13.6. The second kappa shape index (κ2) is 5.21. The maximum atomic E-state index is 13.3. The fourth-order valence-electron chi connectivity index (χ4n) is 2.25. The Balaban J connectivity index is 2.03. The molecule has 110 valence electrons. The van der Waals surface area contributed by atoms with Crippen molar-refractivity contribution in [1.82, 2.24) is 9.97 Å². The van der Waals surface area contributed by atoms with Crippen LogP contribution in [0, 0.1) is 11.6 Å². The molecule has 6 nitrogen and oxygen atoms in total. The van der Waals surface area contributed by atoms with Gasteiger partial charge < -0.3 is 15.4 Å². The van der Waals surface area contributed by atoms with Gasteiger partial charge in [-0.25, -0.2) is 13.8 Å². The summed E-state index contributed by atoms with van der Waals surface area (Å²) in [5.41, 5.74) is 5.78. The molecule has 1 atom stereocenters. The number of amides is 1. The van der Waals surface area contributed by atoms with Gasteiger partial charge in [-0.15, -0.1) is 0 Å². The fourth-order valence-corrected chi connectivity index (χ4v) is 2.25. The van der Waals surface area contributed by atoms with Gasteiger partial charge in [-0.2, -0.15) is 0 Å². The molecule has 8 heteroatoms. The Morgan fingerprint density at radius 1 is 1.33 bits per heavy atom. The van der Waals surface area contributed by atoms with Gasteiger partial charge in [0.25, 0.3) is 0 Å². The minimum Gasteiger partial charge on any atom is -0.377 e. The smallest absolute Gasteiger partial charge is 0.242 e. The van der Waals surface area contributed by atoms with E-state index in [4.69, 9.17) is 10.5 Å². The van der Waals surface area contributed by atoms with Crippen molar-refractivity contribution in [2.24, 2.45) is 5.73 Å².